The van der Waals surface area contributed by atoms with Crippen LogP contribution in [0.5, 0.6) is 0 Å². The number of benzene rings is 1. The second kappa shape index (κ2) is 9.03. The van der Waals surface area contributed by atoms with E-state index in [9.17, 15) is 9.18 Å². The number of hydrogen-bond acceptors (Lipinski definition) is 5. The lowest BCUT2D eigenvalue weighted by atomic mass is 10.1. The normalized spacial score (nSPS) is 11.7. The Labute approximate surface area is 152 Å². The summed E-state index contributed by atoms with van der Waals surface area (Å²) in [7, 11) is 0. The summed E-state index contributed by atoms with van der Waals surface area (Å²) in [4.78, 5) is 26.0. The molecule has 1 heterocycles. The van der Waals surface area contributed by atoms with E-state index in [0.29, 0.717) is 36.5 Å². The lowest BCUT2D eigenvalue weighted by Gasteiger charge is -2.10. The number of hydrogen-bond donors (Lipinski definition) is 1. The molecule has 0 fully saturated rings. The number of oxime groups is 1. The lowest BCUT2D eigenvalue weighted by Crippen LogP contribution is -2.24. The van der Waals surface area contributed by atoms with Crippen LogP contribution in [0.15, 0.2) is 29.4 Å². The van der Waals surface area contributed by atoms with E-state index in [-0.39, 0.29) is 17.8 Å². The fourth-order valence-electron chi connectivity index (χ4n) is 2.49. The van der Waals surface area contributed by atoms with E-state index in [2.05, 4.69) is 27.2 Å². The molecule has 26 heavy (non-hydrogen) atoms. The zero-order chi connectivity index (χ0) is 19.1. The molecule has 0 radical (unpaired) electrons. The zero-order valence-corrected chi connectivity index (χ0v) is 15.3. The molecule has 1 aromatic carbocycles. The number of carbonyl (C=O) groups is 1. The van der Waals surface area contributed by atoms with Crippen LogP contribution in [-0.4, -0.2) is 28.7 Å². The van der Waals surface area contributed by atoms with E-state index in [4.69, 9.17) is 4.84 Å². The Morgan fingerprint density at radius 2 is 2.12 bits per heavy atom. The van der Waals surface area contributed by atoms with Gasteiger partial charge >= 0.3 is 0 Å². The highest BCUT2D eigenvalue weighted by molar-refractivity contribution is 5.92. The molecule has 0 aliphatic heterocycles. The Balaban J connectivity index is 2.01. The van der Waals surface area contributed by atoms with Crippen LogP contribution in [0.2, 0.25) is 0 Å². The fourth-order valence-corrected chi connectivity index (χ4v) is 2.49. The molecule has 0 bridgehead atoms. The monoisotopic (exact) mass is 358 g/mol. The molecular weight excluding hydrogens is 335 g/mol. The maximum atomic E-state index is 13.3. The summed E-state index contributed by atoms with van der Waals surface area (Å²) in [6, 6.07) is 6.42. The van der Waals surface area contributed by atoms with Gasteiger partial charge < -0.3 is 10.2 Å². The van der Waals surface area contributed by atoms with Gasteiger partial charge in [-0.2, -0.15) is 0 Å². The van der Waals surface area contributed by atoms with Gasteiger partial charge in [-0.25, -0.2) is 14.4 Å². The van der Waals surface area contributed by atoms with Gasteiger partial charge in [-0.1, -0.05) is 12.1 Å². The van der Waals surface area contributed by atoms with Gasteiger partial charge in [0.1, 0.15) is 23.4 Å². The summed E-state index contributed by atoms with van der Waals surface area (Å²) in [5, 5.41) is 6.21. The first kappa shape index (κ1) is 19.5. The first-order valence-electron chi connectivity index (χ1n) is 8.38. The standard InChI is InChI=1S/C19H23FN4O2/c1-12-9-15(6-8-17(12)20)11-22-19(25)18-10-16(23-14(3)24-18)7-5-13(2)26-21-4/h6,8-10,13H,4-5,7,11H2,1-3H3,(H,22,25). The molecule has 0 aliphatic carbocycles. The molecule has 7 heteroatoms. The Morgan fingerprint density at radius 1 is 1.35 bits per heavy atom. The van der Waals surface area contributed by atoms with Gasteiger partial charge in [0, 0.05) is 19.0 Å². The van der Waals surface area contributed by atoms with Gasteiger partial charge in [-0.15, -0.1) is 5.16 Å². The van der Waals surface area contributed by atoms with Crippen molar-refractivity contribution in [1.82, 2.24) is 15.3 Å². The third-order valence-corrected chi connectivity index (χ3v) is 3.86. The predicted octanol–water partition coefficient (Wildman–Crippen LogP) is 3.12. The van der Waals surface area contributed by atoms with E-state index in [1.165, 1.54) is 6.07 Å². The van der Waals surface area contributed by atoms with Crippen LogP contribution in [0.1, 0.15) is 46.5 Å². The zero-order valence-electron chi connectivity index (χ0n) is 15.3. The van der Waals surface area contributed by atoms with Gasteiger partial charge in [0.05, 0.1) is 0 Å². The molecule has 1 amide bonds. The summed E-state index contributed by atoms with van der Waals surface area (Å²) in [5.74, 6) is -0.0301. The molecule has 138 valence electrons. The molecule has 0 saturated heterocycles. The predicted molar refractivity (Wildman–Crippen MR) is 97.5 cm³/mol. The van der Waals surface area contributed by atoms with Crippen LogP contribution in [0.3, 0.4) is 0 Å². The number of aromatic nitrogens is 2. The Kier molecular flexibility index (Phi) is 6.77. The van der Waals surface area contributed by atoms with Crippen molar-refractivity contribution in [2.75, 3.05) is 0 Å². The average Bonchev–Trinajstić information content (AvgIpc) is 2.60. The molecule has 1 atom stereocenters. The minimum Gasteiger partial charge on any atom is -0.393 e. The number of carbonyl (C=O) groups excluding carboxylic acids is 1. The van der Waals surface area contributed by atoms with Crippen LogP contribution in [0, 0.1) is 19.7 Å². The maximum Gasteiger partial charge on any atom is 0.270 e. The van der Waals surface area contributed by atoms with Gasteiger partial charge in [0.25, 0.3) is 5.91 Å². The number of nitrogens with zero attached hydrogens (tertiary/aromatic N) is 3. The molecular formula is C19H23FN4O2. The molecule has 0 saturated carbocycles. The Hall–Kier alpha value is -2.83. The summed E-state index contributed by atoms with van der Waals surface area (Å²) in [5.41, 5.74) is 2.44. The molecule has 1 N–H and O–H groups in total. The second-order valence-electron chi connectivity index (χ2n) is 6.14. The molecule has 1 unspecified atom stereocenters. The number of amides is 1. The van der Waals surface area contributed by atoms with Crippen molar-refractivity contribution in [2.24, 2.45) is 5.16 Å². The van der Waals surface area contributed by atoms with Crippen LogP contribution in [0.4, 0.5) is 4.39 Å². The summed E-state index contributed by atoms with van der Waals surface area (Å²) >= 11 is 0. The smallest absolute Gasteiger partial charge is 0.270 e. The highest BCUT2D eigenvalue weighted by Gasteiger charge is 2.12. The van der Waals surface area contributed by atoms with E-state index in [1.54, 1.807) is 32.0 Å². The van der Waals surface area contributed by atoms with Crippen molar-refractivity contribution in [1.29, 1.82) is 0 Å². The summed E-state index contributed by atoms with van der Waals surface area (Å²) in [6.45, 7) is 8.91. The minimum atomic E-state index is -0.296. The molecule has 0 spiro atoms. The molecule has 2 aromatic rings. The SMILES string of the molecule is C=NOC(C)CCc1cc(C(=O)NCc2ccc(F)c(C)c2)nc(C)n1. The Bertz CT molecular complexity index is 795. The van der Waals surface area contributed by atoms with E-state index in [1.807, 2.05) is 6.92 Å². The van der Waals surface area contributed by atoms with Crippen LogP contribution in [0.25, 0.3) is 0 Å². The molecule has 6 nitrogen and oxygen atoms in total. The molecule has 2 rings (SSSR count). The van der Waals surface area contributed by atoms with Crippen LogP contribution >= 0.6 is 0 Å². The number of rotatable bonds is 8. The summed E-state index contributed by atoms with van der Waals surface area (Å²) < 4.78 is 13.3. The van der Waals surface area contributed by atoms with Crippen molar-refractivity contribution in [3.05, 3.63) is 58.4 Å². The van der Waals surface area contributed by atoms with Gasteiger partial charge in [0.2, 0.25) is 0 Å². The number of nitrogens with one attached hydrogen (secondary N) is 1. The van der Waals surface area contributed by atoms with Crippen molar-refractivity contribution in [2.45, 2.75) is 46.3 Å². The highest BCUT2D eigenvalue weighted by atomic mass is 19.1. The van der Waals surface area contributed by atoms with E-state index in [0.717, 1.165) is 11.3 Å². The van der Waals surface area contributed by atoms with Crippen LogP contribution in [-0.2, 0) is 17.8 Å². The van der Waals surface area contributed by atoms with Gasteiger partial charge in [-0.3, -0.25) is 4.79 Å². The first-order valence-corrected chi connectivity index (χ1v) is 8.38. The minimum absolute atomic E-state index is 0.0817. The number of aryl methyl sites for hydroxylation is 3. The largest absolute Gasteiger partial charge is 0.393 e. The maximum absolute atomic E-state index is 13.3. The van der Waals surface area contributed by atoms with Crippen LogP contribution < -0.4 is 5.32 Å². The lowest BCUT2D eigenvalue weighted by molar-refractivity contribution is 0.0685. The van der Waals surface area contributed by atoms with Gasteiger partial charge in [0.15, 0.2) is 0 Å². The topological polar surface area (TPSA) is 76.5 Å². The molecule has 1 aromatic heterocycles. The van der Waals surface area contributed by atoms with Crippen molar-refractivity contribution in [3.8, 4) is 0 Å². The van der Waals surface area contributed by atoms with E-state index >= 15 is 0 Å². The van der Waals surface area contributed by atoms with Crippen molar-refractivity contribution >= 4 is 12.6 Å². The molecule has 0 aliphatic rings. The Morgan fingerprint density at radius 3 is 2.81 bits per heavy atom. The third kappa shape index (κ3) is 5.61. The highest BCUT2D eigenvalue weighted by Crippen LogP contribution is 2.10. The average molecular weight is 358 g/mol. The van der Waals surface area contributed by atoms with Crippen molar-refractivity contribution in [3.63, 3.8) is 0 Å². The quantitative estimate of drug-likeness (QED) is 0.581. The summed E-state index contributed by atoms with van der Waals surface area (Å²) in [6.07, 6.45) is 1.25. The fraction of sp³-hybridized carbons (Fsp3) is 0.368. The number of halogens is 1. The van der Waals surface area contributed by atoms with Gasteiger partial charge in [-0.05, 0) is 56.9 Å². The third-order valence-electron chi connectivity index (χ3n) is 3.86. The van der Waals surface area contributed by atoms with E-state index < -0.39 is 0 Å². The first-order chi connectivity index (χ1) is 12.4. The van der Waals surface area contributed by atoms with Crippen molar-refractivity contribution < 1.29 is 14.0 Å². The second-order valence-corrected chi connectivity index (χ2v) is 6.14.